The quantitative estimate of drug-likeness (QED) is 0.161. The largest absolute Gasteiger partial charge is 0.466 e. The highest BCUT2D eigenvalue weighted by molar-refractivity contribution is 6.66. The molecular formula is C19H36O6Si. The van der Waals surface area contributed by atoms with Crippen molar-refractivity contribution in [3.63, 3.8) is 0 Å². The van der Waals surface area contributed by atoms with Crippen LogP contribution in [0, 0.1) is 0 Å². The van der Waals surface area contributed by atoms with Crippen LogP contribution in [0.3, 0.4) is 0 Å². The van der Waals surface area contributed by atoms with Gasteiger partial charge in [0.1, 0.15) is 0 Å². The third-order valence-corrected chi connectivity index (χ3v) is 6.93. The zero-order chi connectivity index (χ0) is 19.7. The fourth-order valence-electron chi connectivity index (χ4n) is 2.56. The molecule has 0 amide bonds. The molecule has 0 radical (unpaired) electrons. The van der Waals surface area contributed by atoms with E-state index in [4.69, 9.17) is 18.3 Å². The number of carbonyl (C=O) groups is 2. The second kappa shape index (κ2) is 16.0. The molecule has 0 N–H and O–H groups in total. The minimum absolute atomic E-state index is 0.157. The van der Waals surface area contributed by atoms with E-state index in [0.717, 1.165) is 37.8 Å². The molecule has 0 aromatic heterocycles. The highest BCUT2D eigenvalue weighted by atomic mass is 28.4. The van der Waals surface area contributed by atoms with E-state index < -0.39 is 14.5 Å². The Bertz CT molecular complexity index is 393. The van der Waals surface area contributed by atoms with Gasteiger partial charge in [0, 0.05) is 25.7 Å². The third kappa shape index (κ3) is 14.0. The minimum Gasteiger partial charge on any atom is -0.466 e. The van der Waals surface area contributed by atoms with Crippen molar-refractivity contribution >= 4 is 20.5 Å². The molecule has 0 aliphatic heterocycles. The highest BCUT2D eigenvalue weighted by Crippen LogP contribution is 2.18. The van der Waals surface area contributed by atoms with E-state index in [1.165, 1.54) is 0 Å². The zero-order valence-corrected chi connectivity index (χ0v) is 17.7. The first-order valence-electron chi connectivity index (χ1n) is 9.70. The van der Waals surface area contributed by atoms with Crippen LogP contribution in [0.4, 0.5) is 0 Å². The van der Waals surface area contributed by atoms with Crippen LogP contribution in [-0.4, -0.2) is 46.9 Å². The van der Waals surface area contributed by atoms with Crippen LogP contribution in [0.15, 0.2) is 12.7 Å². The van der Waals surface area contributed by atoms with Gasteiger partial charge in [-0.05, 0) is 45.7 Å². The summed E-state index contributed by atoms with van der Waals surface area (Å²) in [6.07, 6.45) is 6.95. The SMILES string of the molecule is C=CC(=O)OCCCCOC(=O)CCCCCC[Si](C)(OCC)OCC. The third-order valence-electron chi connectivity index (χ3n) is 3.87. The Kier molecular flexibility index (Phi) is 15.3. The minimum atomic E-state index is -2.00. The lowest BCUT2D eigenvalue weighted by Crippen LogP contribution is -2.38. The molecule has 0 spiro atoms. The molecule has 0 unspecified atom stereocenters. The summed E-state index contributed by atoms with van der Waals surface area (Å²) in [5.74, 6) is -0.580. The van der Waals surface area contributed by atoms with Crippen LogP contribution >= 0.6 is 0 Å². The standard InChI is InChI=1S/C19H36O6Si/c1-5-18(20)22-15-11-12-16-23-19(21)14-10-8-9-13-17-26(4,24-6-2)25-7-3/h5H,1,6-17H2,2-4H3. The van der Waals surface area contributed by atoms with E-state index in [0.29, 0.717) is 45.7 Å². The molecule has 0 heterocycles. The Morgan fingerprint density at radius 2 is 1.46 bits per heavy atom. The molecule has 0 aliphatic rings. The summed E-state index contributed by atoms with van der Waals surface area (Å²) in [6.45, 7) is 11.5. The van der Waals surface area contributed by atoms with Gasteiger partial charge in [0.05, 0.1) is 13.2 Å². The molecule has 6 nitrogen and oxygen atoms in total. The summed E-state index contributed by atoms with van der Waals surface area (Å²) < 4.78 is 21.6. The van der Waals surface area contributed by atoms with Crippen molar-refractivity contribution in [1.29, 1.82) is 0 Å². The lowest BCUT2D eigenvalue weighted by atomic mass is 10.1. The van der Waals surface area contributed by atoms with Crippen LogP contribution < -0.4 is 0 Å². The molecule has 26 heavy (non-hydrogen) atoms. The predicted octanol–water partition coefficient (Wildman–Crippen LogP) is 4.13. The second-order valence-corrected chi connectivity index (χ2v) is 9.56. The first-order chi connectivity index (χ1) is 12.5. The second-order valence-electron chi connectivity index (χ2n) is 6.21. The fraction of sp³-hybridized carbons (Fsp3) is 0.789. The number of hydrogen-bond donors (Lipinski definition) is 0. The summed E-state index contributed by atoms with van der Waals surface area (Å²) in [7, 11) is -2.00. The van der Waals surface area contributed by atoms with Gasteiger partial charge in [-0.1, -0.05) is 25.8 Å². The zero-order valence-electron chi connectivity index (χ0n) is 16.7. The molecule has 0 atom stereocenters. The van der Waals surface area contributed by atoms with E-state index in [-0.39, 0.29) is 5.97 Å². The number of carbonyl (C=O) groups excluding carboxylic acids is 2. The van der Waals surface area contributed by atoms with Crippen molar-refractivity contribution in [1.82, 2.24) is 0 Å². The van der Waals surface area contributed by atoms with Gasteiger partial charge in [-0.3, -0.25) is 4.79 Å². The summed E-state index contributed by atoms with van der Waals surface area (Å²) in [5.41, 5.74) is 0. The molecular weight excluding hydrogens is 352 g/mol. The van der Waals surface area contributed by atoms with E-state index in [9.17, 15) is 9.59 Å². The van der Waals surface area contributed by atoms with E-state index in [2.05, 4.69) is 13.1 Å². The Morgan fingerprint density at radius 3 is 2.04 bits per heavy atom. The highest BCUT2D eigenvalue weighted by Gasteiger charge is 2.29. The average Bonchev–Trinajstić information content (AvgIpc) is 2.61. The van der Waals surface area contributed by atoms with Crippen LogP contribution in [0.2, 0.25) is 12.6 Å². The maximum absolute atomic E-state index is 11.6. The van der Waals surface area contributed by atoms with Gasteiger partial charge in [-0.2, -0.15) is 0 Å². The summed E-state index contributed by atoms with van der Waals surface area (Å²) in [6, 6.07) is 0.996. The predicted molar refractivity (Wildman–Crippen MR) is 104 cm³/mol. The van der Waals surface area contributed by atoms with Crippen molar-refractivity contribution < 1.29 is 27.9 Å². The van der Waals surface area contributed by atoms with E-state index in [1.54, 1.807) is 0 Å². The maximum Gasteiger partial charge on any atom is 0.334 e. The Morgan fingerprint density at radius 1 is 0.885 bits per heavy atom. The first-order valence-corrected chi connectivity index (χ1v) is 12.2. The number of rotatable bonds is 17. The smallest absolute Gasteiger partial charge is 0.334 e. The first kappa shape index (κ1) is 24.8. The van der Waals surface area contributed by atoms with Gasteiger partial charge in [0.15, 0.2) is 0 Å². The summed E-state index contributed by atoms with van der Waals surface area (Å²) >= 11 is 0. The van der Waals surface area contributed by atoms with Crippen molar-refractivity contribution in [2.75, 3.05) is 26.4 Å². The van der Waals surface area contributed by atoms with Gasteiger partial charge in [0.25, 0.3) is 0 Å². The van der Waals surface area contributed by atoms with Gasteiger partial charge < -0.3 is 18.3 Å². The lowest BCUT2D eigenvalue weighted by Gasteiger charge is -2.25. The van der Waals surface area contributed by atoms with Gasteiger partial charge in [0.2, 0.25) is 0 Å². The lowest BCUT2D eigenvalue weighted by molar-refractivity contribution is -0.144. The van der Waals surface area contributed by atoms with Gasteiger partial charge in [-0.15, -0.1) is 0 Å². The number of hydrogen-bond acceptors (Lipinski definition) is 6. The van der Waals surface area contributed by atoms with E-state index in [1.807, 2.05) is 13.8 Å². The monoisotopic (exact) mass is 388 g/mol. The molecule has 0 bridgehead atoms. The number of unbranched alkanes of at least 4 members (excludes halogenated alkanes) is 4. The Hall–Kier alpha value is -1.18. The molecule has 0 aliphatic carbocycles. The van der Waals surface area contributed by atoms with Crippen molar-refractivity contribution in [3.05, 3.63) is 12.7 Å². The molecule has 0 rings (SSSR count). The molecule has 0 saturated heterocycles. The molecule has 0 fully saturated rings. The van der Waals surface area contributed by atoms with Crippen molar-refractivity contribution in [2.24, 2.45) is 0 Å². The van der Waals surface area contributed by atoms with Crippen LogP contribution in [0.1, 0.15) is 58.8 Å². The molecule has 152 valence electrons. The average molecular weight is 389 g/mol. The Labute approximate surface area is 159 Å². The van der Waals surface area contributed by atoms with Crippen LogP contribution in [-0.2, 0) is 27.9 Å². The van der Waals surface area contributed by atoms with Crippen molar-refractivity contribution in [2.45, 2.75) is 71.4 Å². The molecule has 0 saturated carbocycles. The van der Waals surface area contributed by atoms with Gasteiger partial charge in [-0.25, -0.2) is 4.79 Å². The van der Waals surface area contributed by atoms with Crippen LogP contribution in [0.5, 0.6) is 0 Å². The summed E-state index contributed by atoms with van der Waals surface area (Å²) in [4.78, 5) is 22.5. The number of ether oxygens (including phenoxy) is 2. The Balaban J connectivity index is 3.56. The fourth-order valence-corrected chi connectivity index (χ4v) is 5.05. The topological polar surface area (TPSA) is 71.1 Å². The normalized spacial score (nSPS) is 11.2. The molecule has 0 aromatic carbocycles. The maximum atomic E-state index is 11.6. The molecule has 0 aromatic rings. The number of esters is 2. The molecule has 7 heteroatoms. The summed E-state index contributed by atoms with van der Waals surface area (Å²) in [5, 5.41) is 0. The van der Waals surface area contributed by atoms with E-state index >= 15 is 0 Å². The van der Waals surface area contributed by atoms with Gasteiger partial charge >= 0.3 is 20.5 Å². The van der Waals surface area contributed by atoms with Crippen LogP contribution in [0.25, 0.3) is 0 Å². The van der Waals surface area contributed by atoms with Crippen molar-refractivity contribution in [3.8, 4) is 0 Å².